The van der Waals surface area contributed by atoms with Gasteiger partial charge in [-0.05, 0) is 19.2 Å². The zero-order chi connectivity index (χ0) is 9.52. The Morgan fingerprint density at radius 2 is 2.23 bits per heavy atom. The van der Waals surface area contributed by atoms with Gasteiger partial charge in [-0.25, -0.2) is 0 Å². The topological polar surface area (TPSA) is 44.6 Å². The second-order valence-corrected chi connectivity index (χ2v) is 2.70. The van der Waals surface area contributed by atoms with Gasteiger partial charge in [0.05, 0.1) is 6.54 Å². The zero-order valence-corrected chi connectivity index (χ0v) is 7.70. The number of hydrogen-bond donors (Lipinski definition) is 2. The van der Waals surface area contributed by atoms with Gasteiger partial charge in [-0.2, -0.15) is 0 Å². The molecule has 0 heterocycles. The van der Waals surface area contributed by atoms with E-state index in [1.54, 1.807) is 18.3 Å². The summed E-state index contributed by atoms with van der Waals surface area (Å²) in [6.07, 6.45) is 1.69. The Kier molecular flexibility index (Phi) is 3.99. The molecule has 2 N–H and O–H groups in total. The highest BCUT2D eigenvalue weighted by atomic mass is 16.3. The van der Waals surface area contributed by atoms with E-state index in [4.69, 9.17) is 0 Å². The maximum atomic E-state index is 9.36. The third-order valence-electron chi connectivity index (χ3n) is 1.66. The van der Waals surface area contributed by atoms with Crippen LogP contribution in [0.5, 0.6) is 5.75 Å². The van der Waals surface area contributed by atoms with Crippen LogP contribution in [-0.4, -0.2) is 31.5 Å². The van der Waals surface area contributed by atoms with Crippen molar-refractivity contribution in [3.05, 3.63) is 29.8 Å². The van der Waals surface area contributed by atoms with Crippen molar-refractivity contribution in [2.45, 2.75) is 0 Å². The van der Waals surface area contributed by atoms with Gasteiger partial charge in [-0.1, -0.05) is 12.1 Å². The van der Waals surface area contributed by atoms with E-state index in [0.717, 1.165) is 18.7 Å². The van der Waals surface area contributed by atoms with Crippen LogP contribution in [0.15, 0.2) is 29.3 Å². The summed E-state index contributed by atoms with van der Waals surface area (Å²) in [5.74, 6) is 0.274. The van der Waals surface area contributed by atoms with E-state index in [0.29, 0.717) is 0 Å². The predicted octanol–water partition coefficient (Wildman–Crippen LogP) is 1.03. The van der Waals surface area contributed by atoms with Gasteiger partial charge < -0.3 is 10.4 Å². The Bertz CT molecular complexity index is 284. The predicted molar refractivity (Wildman–Crippen MR) is 54.5 cm³/mol. The van der Waals surface area contributed by atoms with Crippen LogP contribution in [0.3, 0.4) is 0 Å². The normalized spacial score (nSPS) is 10.8. The van der Waals surface area contributed by atoms with E-state index in [1.165, 1.54) is 0 Å². The Morgan fingerprint density at radius 3 is 2.92 bits per heavy atom. The lowest BCUT2D eigenvalue weighted by Crippen LogP contribution is -2.10. The number of benzene rings is 1. The summed E-state index contributed by atoms with van der Waals surface area (Å²) in [6, 6.07) is 7.15. The number of nitrogens with zero attached hydrogens (tertiary/aromatic N) is 1. The van der Waals surface area contributed by atoms with E-state index in [9.17, 15) is 5.11 Å². The third kappa shape index (κ3) is 3.25. The Hall–Kier alpha value is -1.35. The molecule has 13 heavy (non-hydrogen) atoms. The molecule has 0 saturated heterocycles. The molecule has 1 aromatic rings. The highest BCUT2D eigenvalue weighted by Gasteiger charge is 1.93. The van der Waals surface area contributed by atoms with Gasteiger partial charge in [-0.3, -0.25) is 4.99 Å². The number of para-hydroxylation sites is 1. The second kappa shape index (κ2) is 5.32. The number of aliphatic imine (C=N–C) groups is 1. The Balaban J connectivity index is 2.53. The fourth-order valence-corrected chi connectivity index (χ4v) is 0.936. The molecule has 0 spiro atoms. The maximum Gasteiger partial charge on any atom is 0.124 e. The van der Waals surface area contributed by atoms with Crippen LogP contribution in [0.4, 0.5) is 0 Å². The molecule has 3 heteroatoms. The molecule has 0 atom stereocenters. The van der Waals surface area contributed by atoms with Gasteiger partial charge >= 0.3 is 0 Å². The van der Waals surface area contributed by atoms with E-state index in [1.807, 2.05) is 19.2 Å². The number of phenols is 1. The van der Waals surface area contributed by atoms with E-state index < -0.39 is 0 Å². The van der Waals surface area contributed by atoms with E-state index in [2.05, 4.69) is 10.3 Å². The van der Waals surface area contributed by atoms with Crippen LogP contribution in [0.1, 0.15) is 5.56 Å². The fourth-order valence-electron chi connectivity index (χ4n) is 0.936. The van der Waals surface area contributed by atoms with E-state index in [-0.39, 0.29) is 5.75 Å². The van der Waals surface area contributed by atoms with Gasteiger partial charge in [0, 0.05) is 18.3 Å². The summed E-state index contributed by atoms with van der Waals surface area (Å²) in [4.78, 5) is 4.14. The lowest BCUT2D eigenvalue weighted by Gasteiger charge is -1.96. The SMILES string of the molecule is CNCC/N=C/c1ccccc1O. The van der Waals surface area contributed by atoms with Crippen molar-refractivity contribution in [2.75, 3.05) is 20.1 Å². The van der Waals surface area contributed by atoms with Crippen LogP contribution in [0.2, 0.25) is 0 Å². The highest BCUT2D eigenvalue weighted by molar-refractivity contribution is 5.83. The Labute approximate surface area is 78.1 Å². The number of rotatable bonds is 4. The van der Waals surface area contributed by atoms with Crippen molar-refractivity contribution in [3.63, 3.8) is 0 Å². The maximum absolute atomic E-state index is 9.36. The first-order chi connectivity index (χ1) is 6.34. The largest absolute Gasteiger partial charge is 0.507 e. The third-order valence-corrected chi connectivity index (χ3v) is 1.66. The molecule has 0 radical (unpaired) electrons. The van der Waals surface area contributed by atoms with Crippen molar-refractivity contribution >= 4 is 6.21 Å². The molecule has 0 bridgehead atoms. The molecular formula is C10H14N2O. The summed E-state index contributed by atoms with van der Waals surface area (Å²) < 4.78 is 0. The molecular weight excluding hydrogens is 164 g/mol. The number of phenolic OH excluding ortho intramolecular Hbond substituents is 1. The van der Waals surface area contributed by atoms with Crippen molar-refractivity contribution < 1.29 is 5.11 Å². The monoisotopic (exact) mass is 178 g/mol. The van der Waals surface area contributed by atoms with Crippen LogP contribution in [-0.2, 0) is 0 Å². The second-order valence-electron chi connectivity index (χ2n) is 2.70. The van der Waals surface area contributed by atoms with Gasteiger partial charge in [0.2, 0.25) is 0 Å². The molecule has 0 aliphatic rings. The molecule has 0 saturated carbocycles. The summed E-state index contributed by atoms with van der Waals surface area (Å²) in [6.45, 7) is 1.58. The molecule has 70 valence electrons. The van der Waals surface area contributed by atoms with E-state index >= 15 is 0 Å². The average Bonchev–Trinajstić information content (AvgIpc) is 2.15. The van der Waals surface area contributed by atoms with Gasteiger partial charge in [-0.15, -0.1) is 0 Å². The van der Waals surface area contributed by atoms with Gasteiger partial charge in [0.25, 0.3) is 0 Å². The quantitative estimate of drug-likeness (QED) is 0.534. The molecule has 1 rings (SSSR count). The molecule has 0 unspecified atom stereocenters. The first kappa shape index (κ1) is 9.74. The summed E-state index contributed by atoms with van der Waals surface area (Å²) in [5, 5.41) is 12.4. The molecule has 0 aromatic heterocycles. The Morgan fingerprint density at radius 1 is 1.46 bits per heavy atom. The van der Waals surface area contributed by atoms with Crippen LogP contribution < -0.4 is 5.32 Å². The van der Waals surface area contributed by atoms with Crippen molar-refractivity contribution in [2.24, 2.45) is 4.99 Å². The standard InChI is InChI=1S/C10H14N2O/c1-11-6-7-12-8-9-4-2-3-5-10(9)13/h2-5,8,11,13H,6-7H2,1H3/b12-8+. The minimum atomic E-state index is 0.274. The van der Waals surface area contributed by atoms with Crippen molar-refractivity contribution in [3.8, 4) is 5.75 Å². The van der Waals surface area contributed by atoms with Crippen LogP contribution >= 0.6 is 0 Å². The van der Waals surface area contributed by atoms with Crippen LogP contribution in [0, 0.1) is 0 Å². The summed E-state index contributed by atoms with van der Waals surface area (Å²) >= 11 is 0. The number of nitrogens with one attached hydrogen (secondary N) is 1. The summed E-state index contributed by atoms with van der Waals surface area (Å²) in [5.41, 5.74) is 0.763. The highest BCUT2D eigenvalue weighted by Crippen LogP contribution is 2.12. The molecule has 0 amide bonds. The number of hydrogen-bond acceptors (Lipinski definition) is 3. The number of aromatic hydroxyl groups is 1. The first-order valence-electron chi connectivity index (χ1n) is 4.27. The first-order valence-corrected chi connectivity index (χ1v) is 4.27. The minimum Gasteiger partial charge on any atom is -0.507 e. The average molecular weight is 178 g/mol. The zero-order valence-electron chi connectivity index (χ0n) is 7.70. The molecule has 0 fully saturated rings. The van der Waals surface area contributed by atoms with Crippen molar-refractivity contribution in [1.29, 1.82) is 0 Å². The molecule has 0 aliphatic carbocycles. The van der Waals surface area contributed by atoms with Crippen LogP contribution in [0.25, 0.3) is 0 Å². The lowest BCUT2D eigenvalue weighted by molar-refractivity contribution is 0.474. The minimum absolute atomic E-state index is 0.274. The molecule has 3 nitrogen and oxygen atoms in total. The lowest BCUT2D eigenvalue weighted by atomic mass is 10.2. The van der Waals surface area contributed by atoms with Crippen molar-refractivity contribution in [1.82, 2.24) is 5.32 Å². The summed E-state index contributed by atoms with van der Waals surface area (Å²) in [7, 11) is 1.88. The fraction of sp³-hybridized carbons (Fsp3) is 0.300. The smallest absolute Gasteiger partial charge is 0.124 e. The van der Waals surface area contributed by atoms with Gasteiger partial charge in [0.1, 0.15) is 5.75 Å². The van der Waals surface area contributed by atoms with Gasteiger partial charge in [0.15, 0.2) is 0 Å². The molecule has 1 aromatic carbocycles. The number of likely N-dealkylation sites (N-methyl/N-ethyl adjacent to an activating group) is 1. The molecule has 0 aliphatic heterocycles.